The summed E-state index contributed by atoms with van der Waals surface area (Å²) in [7, 11) is 1.43. The molecule has 0 N–H and O–H groups in total. The second-order valence-electron chi connectivity index (χ2n) is 4.75. The first kappa shape index (κ1) is 15.0. The highest BCUT2D eigenvalue weighted by atomic mass is 16.5. The number of carbonyl (C=O) groups excluding carboxylic acids is 2. The molecule has 1 heterocycles. The first-order valence-electron chi connectivity index (χ1n) is 6.55. The van der Waals surface area contributed by atoms with E-state index < -0.39 is 0 Å². The molecule has 0 bridgehead atoms. The van der Waals surface area contributed by atoms with E-state index in [4.69, 9.17) is 9.47 Å². The molecule has 1 fully saturated rings. The minimum absolute atomic E-state index is 0.0177. The quantitative estimate of drug-likeness (QED) is 0.690. The molecule has 0 aromatic heterocycles. The number of piperidine rings is 1. The Hall–Kier alpha value is -1.10. The molecule has 1 aliphatic heterocycles. The summed E-state index contributed by atoms with van der Waals surface area (Å²) in [5.41, 5.74) is 0. The van der Waals surface area contributed by atoms with E-state index in [0.29, 0.717) is 13.2 Å². The highest BCUT2D eigenvalue weighted by Gasteiger charge is 2.27. The number of esters is 2. The number of ether oxygens (including phenoxy) is 2. The molecule has 104 valence electrons. The van der Waals surface area contributed by atoms with Crippen molar-refractivity contribution in [2.75, 3.05) is 33.4 Å². The molecule has 1 saturated heterocycles. The van der Waals surface area contributed by atoms with Crippen LogP contribution in [0.1, 0.15) is 26.7 Å². The van der Waals surface area contributed by atoms with E-state index in [1.165, 1.54) is 7.11 Å². The van der Waals surface area contributed by atoms with Gasteiger partial charge in [0.1, 0.15) is 0 Å². The number of hydrogen-bond donors (Lipinski definition) is 0. The van der Waals surface area contributed by atoms with Crippen molar-refractivity contribution < 1.29 is 19.1 Å². The van der Waals surface area contributed by atoms with Crippen molar-refractivity contribution in [3.05, 3.63) is 0 Å². The van der Waals surface area contributed by atoms with Gasteiger partial charge in [0.05, 0.1) is 25.6 Å². The Morgan fingerprint density at radius 3 is 2.44 bits per heavy atom. The van der Waals surface area contributed by atoms with Crippen LogP contribution in [0.3, 0.4) is 0 Å². The molecule has 0 amide bonds. The standard InChI is InChI=1S/C13H23NO4/c1-4-18-12(15)10(2)9-14-7-5-11(6-8-14)13(16)17-3/h10-11H,4-9H2,1-3H3. The third-order valence-electron chi connectivity index (χ3n) is 3.34. The lowest BCUT2D eigenvalue weighted by Gasteiger charge is -2.31. The van der Waals surface area contributed by atoms with E-state index in [1.54, 1.807) is 0 Å². The molecule has 0 saturated carbocycles. The van der Waals surface area contributed by atoms with Gasteiger partial charge in [-0.3, -0.25) is 9.59 Å². The number of hydrogen-bond acceptors (Lipinski definition) is 5. The van der Waals surface area contributed by atoms with Gasteiger partial charge in [-0.1, -0.05) is 6.92 Å². The maximum Gasteiger partial charge on any atom is 0.309 e. The van der Waals surface area contributed by atoms with Gasteiger partial charge in [0.2, 0.25) is 0 Å². The molecular formula is C13H23NO4. The van der Waals surface area contributed by atoms with Gasteiger partial charge in [0.25, 0.3) is 0 Å². The average molecular weight is 257 g/mol. The third kappa shape index (κ3) is 4.29. The van der Waals surface area contributed by atoms with Crippen molar-refractivity contribution in [1.29, 1.82) is 0 Å². The summed E-state index contributed by atoms with van der Waals surface area (Å²) < 4.78 is 9.73. The van der Waals surface area contributed by atoms with Crippen LogP contribution < -0.4 is 0 Å². The Morgan fingerprint density at radius 1 is 1.33 bits per heavy atom. The van der Waals surface area contributed by atoms with Gasteiger partial charge < -0.3 is 14.4 Å². The van der Waals surface area contributed by atoms with Crippen molar-refractivity contribution in [3.8, 4) is 0 Å². The fourth-order valence-corrected chi connectivity index (χ4v) is 2.26. The Bertz CT molecular complexity index is 285. The zero-order valence-electron chi connectivity index (χ0n) is 11.5. The maximum atomic E-state index is 11.5. The molecular weight excluding hydrogens is 234 g/mol. The first-order valence-corrected chi connectivity index (χ1v) is 6.55. The molecule has 18 heavy (non-hydrogen) atoms. The van der Waals surface area contributed by atoms with E-state index in [-0.39, 0.29) is 23.8 Å². The predicted molar refractivity (Wildman–Crippen MR) is 67.0 cm³/mol. The van der Waals surface area contributed by atoms with Gasteiger partial charge >= 0.3 is 11.9 Å². The van der Waals surface area contributed by atoms with Crippen LogP contribution in [-0.2, 0) is 19.1 Å². The van der Waals surface area contributed by atoms with E-state index >= 15 is 0 Å². The highest BCUT2D eigenvalue weighted by Crippen LogP contribution is 2.19. The van der Waals surface area contributed by atoms with E-state index in [1.807, 2.05) is 13.8 Å². The van der Waals surface area contributed by atoms with Crippen LogP contribution in [0, 0.1) is 11.8 Å². The number of carbonyl (C=O) groups is 2. The third-order valence-corrected chi connectivity index (χ3v) is 3.34. The molecule has 5 nitrogen and oxygen atoms in total. The van der Waals surface area contributed by atoms with Gasteiger partial charge in [-0.15, -0.1) is 0 Å². The number of likely N-dealkylation sites (tertiary alicyclic amines) is 1. The molecule has 1 aliphatic rings. The van der Waals surface area contributed by atoms with Crippen LogP contribution in [0.25, 0.3) is 0 Å². The maximum absolute atomic E-state index is 11.5. The Labute approximate surface area is 108 Å². The molecule has 1 rings (SSSR count). The van der Waals surface area contributed by atoms with Crippen LogP contribution in [-0.4, -0.2) is 50.2 Å². The lowest BCUT2D eigenvalue weighted by molar-refractivity contribution is -0.150. The first-order chi connectivity index (χ1) is 8.58. The molecule has 5 heteroatoms. The van der Waals surface area contributed by atoms with Gasteiger partial charge in [-0.25, -0.2) is 0 Å². The van der Waals surface area contributed by atoms with E-state index in [0.717, 1.165) is 25.9 Å². The molecule has 1 atom stereocenters. The van der Waals surface area contributed by atoms with Gasteiger partial charge in [-0.2, -0.15) is 0 Å². The summed E-state index contributed by atoms with van der Waals surface area (Å²) >= 11 is 0. The minimum Gasteiger partial charge on any atom is -0.469 e. The van der Waals surface area contributed by atoms with Crippen molar-refractivity contribution in [1.82, 2.24) is 4.90 Å². The lowest BCUT2D eigenvalue weighted by atomic mass is 9.96. The largest absolute Gasteiger partial charge is 0.469 e. The second kappa shape index (κ2) is 7.36. The fourth-order valence-electron chi connectivity index (χ4n) is 2.26. The fraction of sp³-hybridized carbons (Fsp3) is 0.846. The number of methoxy groups -OCH3 is 1. The zero-order valence-corrected chi connectivity index (χ0v) is 11.5. The van der Waals surface area contributed by atoms with Crippen LogP contribution in [0.15, 0.2) is 0 Å². The second-order valence-corrected chi connectivity index (χ2v) is 4.75. The van der Waals surface area contributed by atoms with Crippen molar-refractivity contribution in [2.24, 2.45) is 11.8 Å². The van der Waals surface area contributed by atoms with Gasteiger partial charge in [0.15, 0.2) is 0 Å². The zero-order chi connectivity index (χ0) is 13.5. The molecule has 0 aliphatic carbocycles. The predicted octanol–water partition coefficient (Wildman–Crippen LogP) is 1.07. The molecule has 0 aromatic rings. The molecule has 0 radical (unpaired) electrons. The lowest BCUT2D eigenvalue weighted by Crippen LogP contribution is -2.40. The van der Waals surface area contributed by atoms with E-state index in [2.05, 4.69) is 4.90 Å². The SMILES string of the molecule is CCOC(=O)C(C)CN1CCC(C(=O)OC)CC1. The van der Waals surface area contributed by atoms with Gasteiger partial charge in [0, 0.05) is 6.54 Å². The Balaban J connectivity index is 2.31. The summed E-state index contributed by atoms with van der Waals surface area (Å²) in [6.45, 7) is 6.49. The van der Waals surface area contributed by atoms with Gasteiger partial charge in [-0.05, 0) is 32.9 Å². The average Bonchev–Trinajstić information content (AvgIpc) is 2.39. The minimum atomic E-state index is -0.146. The molecule has 0 spiro atoms. The van der Waals surface area contributed by atoms with Crippen molar-refractivity contribution in [2.45, 2.75) is 26.7 Å². The van der Waals surface area contributed by atoms with Crippen LogP contribution in [0.5, 0.6) is 0 Å². The Morgan fingerprint density at radius 2 is 1.94 bits per heavy atom. The Kier molecular flexibility index (Phi) is 6.12. The smallest absolute Gasteiger partial charge is 0.309 e. The monoisotopic (exact) mass is 257 g/mol. The number of rotatable bonds is 5. The summed E-state index contributed by atoms with van der Waals surface area (Å²) in [6, 6.07) is 0. The van der Waals surface area contributed by atoms with Crippen molar-refractivity contribution >= 4 is 11.9 Å². The van der Waals surface area contributed by atoms with E-state index in [9.17, 15) is 9.59 Å². The van der Waals surface area contributed by atoms with Crippen LogP contribution in [0.4, 0.5) is 0 Å². The van der Waals surface area contributed by atoms with Crippen LogP contribution in [0.2, 0.25) is 0 Å². The summed E-state index contributed by atoms with van der Waals surface area (Å²) in [5.74, 6) is -0.357. The van der Waals surface area contributed by atoms with Crippen molar-refractivity contribution in [3.63, 3.8) is 0 Å². The molecule has 0 aromatic carbocycles. The normalized spacial score (nSPS) is 19.3. The topological polar surface area (TPSA) is 55.8 Å². The summed E-state index contributed by atoms with van der Waals surface area (Å²) in [4.78, 5) is 25.1. The summed E-state index contributed by atoms with van der Waals surface area (Å²) in [5, 5.41) is 0. The molecule has 1 unspecified atom stereocenters. The summed E-state index contributed by atoms with van der Waals surface area (Å²) in [6.07, 6.45) is 1.62. The van der Waals surface area contributed by atoms with Crippen LogP contribution >= 0.6 is 0 Å². The highest BCUT2D eigenvalue weighted by molar-refractivity contribution is 5.72. The number of nitrogens with zero attached hydrogens (tertiary/aromatic N) is 1.